The average molecular weight is 222 g/mol. The van der Waals surface area contributed by atoms with Crippen molar-refractivity contribution in [3.8, 4) is 5.75 Å². The van der Waals surface area contributed by atoms with Gasteiger partial charge in [0.25, 0.3) is 0 Å². The molecule has 0 saturated carbocycles. The summed E-state index contributed by atoms with van der Waals surface area (Å²) in [5.74, 6) is 0.951. The molecule has 0 amide bonds. The molecule has 0 fully saturated rings. The Morgan fingerprint density at radius 1 is 1.12 bits per heavy atom. The molecule has 0 saturated heterocycles. The van der Waals surface area contributed by atoms with Crippen LogP contribution >= 0.6 is 0 Å². The van der Waals surface area contributed by atoms with Crippen molar-refractivity contribution in [2.75, 3.05) is 13.2 Å². The Morgan fingerprint density at radius 2 is 1.62 bits per heavy atom. The zero-order valence-corrected chi connectivity index (χ0v) is 10.9. The SMILES string of the molecule is Cc1cc(C)c(OCC(C)(C)CO)c(C)c1. The number of benzene rings is 1. The average Bonchev–Trinajstić information content (AvgIpc) is 2.16. The molecule has 2 nitrogen and oxygen atoms in total. The normalized spacial score (nSPS) is 11.6. The van der Waals surface area contributed by atoms with Crippen LogP contribution in [0.4, 0.5) is 0 Å². The molecule has 0 aliphatic carbocycles. The quantitative estimate of drug-likeness (QED) is 0.848. The Bertz CT molecular complexity index is 344. The predicted molar refractivity (Wildman–Crippen MR) is 67.0 cm³/mol. The van der Waals surface area contributed by atoms with Gasteiger partial charge in [-0.25, -0.2) is 0 Å². The Balaban J connectivity index is 2.82. The summed E-state index contributed by atoms with van der Waals surface area (Å²) in [5.41, 5.74) is 3.38. The predicted octanol–water partition coefficient (Wildman–Crippen LogP) is 3.01. The number of hydrogen-bond donors (Lipinski definition) is 1. The molecule has 0 unspecified atom stereocenters. The van der Waals surface area contributed by atoms with E-state index in [-0.39, 0.29) is 12.0 Å². The topological polar surface area (TPSA) is 29.5 Å². The summed E-state index contributed by atoms with van der Waals surface area (Å²) in [6, 6.07) is 4.24. The molecule has 0 bridgehead atoms. The molecule has 0 heterocycles. The summed E-state index contributed by atoms with van der Waals surface area (Å²) in [6.07, 6.45) is 0. The van der Waals surface area contributed by atoms with Gasteiger partial charge in [-0.15, -0.1) is 0 Å². The van der Waals surface area contributed by atoms with Crippen molar-refractivity contribution in [3.05, 3.63) is 28.8 Å². The largest absolute Gasteiger partial charge is 0.492 e. The van der Waals surface area contributed by atoms with Crippen LogP contribution in [0.2, 0.25) is 0 Å². The fourth-order valence-electron chi connectivity index (χ4n) is 1.71. The van der Waals surface area contributed by atoms with Gasteiger partial charge in [0.2, 0.25) is 0 Å². The van der Waals surface area contributed by atoms with Crippen LogP contribution < -0.4 is 4.74 Å². The zero-order valence-electron chi connectivity index (χ0n) is 10.9. The van der Waals surface area contributed by atoms with Crippen molar-refractivity contribution in [2.45, 2.75) is 34.6 Å². The van der Waals surface area contributed by atoms with Crippen molar-refractivity contribution in [1.82, 2.24) is 0 Å². The summed E-state index contributed by atoms with van der Waals surface area (Å²) < 4.78 is 5.82. The van der Waals surface area contributed by atoms with Crippen molar-refractivity contribution in [3.63, 3.8) is 0 Å². The molecule has 0 atom stereocenters. The van der Waals surface area contributed by atoms with E-state index in [9.17, 15) is 5.11 Å². The van der Waals surface area contributed by atoms with E-state index in [1.807, 2.05) is 13.8 Å². The maximum Gasteiger partial charge on any atom is 0.125 e. The number of aliphatic hydroxyl groups excluding tert-OH is 1. The first-order valence-electron chi connectivity index (χ1n) is 5.67. The van der Waals surface area contributed by atoms with Gasteiger partial charge in [-0.3, -0.25) is 0 Å². The Hall–Kier alpha value is -1.02. The molecule has 90 valence electrons. The molecule has 0 aliphatic heterocycles. The molecule has 0 radical (unpaired) electrons. The van der Waals surface area contributed by atoms with Gasteiger partial charge in [-0.2, -0.15) is 0 Å². The summed E-state index contributed by atoms with van der Waals surface area (Å²) in [5, 5.41) is 9.17. The van der Waals surface area contributed by atoms with E-state index in [2.05, 4.69) is 32.9 Å². The van der Waals surface area contributed by atoms with Gasteiger partial charge in [-0.05, 0) is 31.9 Å². The molecule has 2 heteroatoms. The summed E-state index contributed by atoms with van der Waals surface area (Å²) >= 11 is 0. The van der Waals surface area contributed by atoms with Crippen LogP contribution in [-0.4, -0.2) is 18.3 Å². The molecule has 1 aromatic rings. The summed E-state index contributed by atoms with van der Waals surface area (Å²) in [6.45, 7) is 10.9. The van der Waals surface area contributed by atoms with Gasteiger partial charge in [0.1, 0.15) is 5.75 Å². The molecule has 16 heavy (non-hydrogen) atoms. The fraction of sp³-hybridized carbons (Fsp3) is 0.571. The second-order valence-corrected chi connectivity index (χ2v) is 5.34. The highest BCUT2D eigenvalue weighted by molar-refractivity contribution is 5.42. The molecule has 0 spiro atoms. The van der Waals surface area contributed by atoms with Crippen LogP contribution in [-0.2, 0) is 0 Å². The minimum atomic E-state index is -0.191. The molecular weight excluding hydrogens is 200 g/mol. The van der Waals surface area contributed by atoms with Gasteiger partial charge in [0.15, 0.2) is 0 Å². The van der Waals surface area contributed by atoms with E-state index in [4.69, 9.17) is 4.74 Å². The first-order valence-corrected chi connectivity index (χ1v) is 5.67. The van der Waals surface area contributed by atoms with Crippen molar-refractivity contribution in [2.24, 2.45) is 5.41 Å². The highest BCUT2D eigenvalue weighted by Gasteiger charge is 2.18. The first kappa shape index (κ1) is 13.0. The van der Waals surface area contributed by atoms with E-state index >= 15 is 0 Å². The van der Waals surface area contributed by atoms with Crippen LogP contribution in [0.25, 0.3) is 0 Å². The minimum absolute atomic E-state index is 0.136. The van der Waals surface area contributed by atoms with E-state index in [0.29, 0.717) is 6.61 Å². The number of aryl methyl sites for hydroxylation is 3. The zero-order chi connectivity index (χ0) is 12.3. The molecule has 0 aromatic heterocycles. The maximum atomic E-state index is 9.17. The number of hydrogen-bond acceptors (Lipinski definition) is 2. The minimum Gasteiger partial charge on any atom is -0.492 e. The highest BCUT2D eigenvalue weighted by Crippen LogP contribution is 2.26. The smallest absolute Gasteiger partial charge is 0.125 e. The van der Waals surface area contributed by atoms with Crippen molar-refractivity contribution < 1.29 is 9.84 Å². The second kappa shape index (κ2) is 4.88. The van der Waals surface area contributed by atoms with Crippen LogP contribution in [0.15, 0.2) is 12.1 Å². The number of ether oxygens (including phenoxy) is 1. The van der Waals surface area contributed by atoms with Crippen molar-refractivity contribution >= 4 is 0 Å². The van der Waals surface area contributed by atoms with Crippen LogP contribution in [0.1, 0.15) is 30.5 Å². The van der Waals surface area contributed by atoms with Crippen LogP contribution in [0.3, 0.4) is 0 Å². The lowest BCUT2D eigenvalue weighted by atomic mass is 9.96. The third-order valence-electron chi connectivity index (χ3n) is 2.64. The molecule has 0 aliphatic rings. The van der Waals surface area contributed by atoms with Gasteiger partial charge >= 0.3 is 0 Å². The highest BCUT2D eigenvalue weighted by atomic mass is 16.5. The lowest BCUT2D eigenvalue weighted by Crippen LogP contribution is -2.25. The van der Waals surface area contributed by atoms with Gasteiger partial charge in [0, 0.05) is 5.41 Å². The maximum absolute atomic E-state index is 9.17. The van der Waals surface area contributed by atoms with E-state index < -0.39 is 0 Å². The van der Waals surface area contributed by atoms with Crippen molar-refractivity contribution in [1.29, 1.82) is 0 Å². The third kappa shape index (κ3) is 3.24. The van der Waals surface area contributed by atoms with E-state index in [1.54, 1.807) is 0 Å². The van der Waals surface area contributed by atoms with Crippen LogP contribution in [0.5, 0.6) is 5.75 Å². The Morgan fingerprint density at radius 3 is 2.06 bits per heavy atom. The lowest BCUT2D eigenvalue weighted by Gasteiger charge is -2.23. The number of aliphatic hydroxyl groups is 1. The molecule has 1 aromatic carbocycles. The lowest BCUT2D eigenvalue weighted by molar-refractivity contribution is 0.0968. The monoisotopic (exact) mass is 222 g/mol. The second-order valence-electron chi connectivity index (χ2n) is 5.34. The Labute approximate surface area is 98.3 Å². The number of rotatable bonds is 4. The fourth-order valence-corrected chi connectivity index (χ4v) is 1.71. The molecule has 1 N–H and O–H groups in total. The Kier molecular flexibility index (Phi) is 3.98. The summed E-state index contributed by atoms with van der Waals surface area (Å²) in [7, 11) is 0. The summed E-state index contributed by atoms with van der Waals surface area (Å²) in [4.78, 5) is 0. The van der Waals surface area contributed by atoms with E-state index in [1.165, 1.54) is 5.56 Å². The van der Waals surface area contributed by atoms with Gasteiger partial charge in [-0.1, -0.05) is 31.5 Å². The third-order valence-corrected chi connectivity index (χ3v) is 2.64. The van der Waals surface area contributed by atoms with Gasteiger partial charge < -0.3 is 9.84 Å². The van der Waals surface area contributed by atoms with Crippen LogP contribution in [0, 0.1) is 26.2 Å². The van der Waals surface area contributed by atoms with Gasteiger partial charge in [0.05, 0.1) is 13.2 Å². The molecule has 1 rings (SSSR count). The standard InChI is InChI=1S/C14H22O2/c1-10-6-11(2)13(12(3)7-10)16-9-14(4,5)8-15/h6-7,15H,8-9H2,1-5H3. The first-order chi connectivity index (χ1) is 7.35. The van der Waals surface area contributed by atoms with E-state index in [0.717, 1.165) is 16.9 Å². The molecular formula is C14H22O2.